The average Bonchev–Trinajstić information content (AvgIpc) is 3.10. The van der Waals surface area contributed by atoms with Crippen molar-refractivity contribution >= 4 is 27.9 Å². The summed E-state index contributed by atoms with van der Waals surface area (Å²) in [4.78, 5) is 12.0. The summed E-state index contributed by atoms with van der Waals surface area (Å²) in [6.45, 7) is 2.33. The first-order valence-electron chi connectivity index (χ1n) is 7.89. The van der Waals surface area contributed by atoms with Crippen LogP contribution in [0.5, 0.6) is 11.5 Å². The number of carbonyl (C=O) groups is 1. The Kier molecular flexibility index (Phi) is 5.85. The van der Waals surface area contributed by atoms with Crippen molar-refractivity contribution in [3.63, 3.8) is 0 Å². The molecule has 0 atom stereocenters. The van der Waals surface area contributed by atoms with Gasteiger partial charge in [-0.15, -0.1) is 5.10 Å². The number of benzene rings is 2. The summed E-state index contributed by atoms with van der Waals surface area (Å²) < 4.78 is 17.1. The van der Waals surface area contributed by atoms with Crippen LogP contribution in [0.1, 0.15) is 6.92 Å². The highest BCUT2D eigenvalue weighted by Crippen LogP contribution is 2.23. The van der Waals surface area contributed by atoms with E-state index in [1.807, 2.05) is 31.2 Å². The number of ether oxygens (including phenoxy) is 2. The zero-order valence-corrected chi connectivity index (χ0v) is 15.5. The first-order chi connectivity index (χ1) is 12.6. The SMILES string of the molecule is CCOc1ccc(OCC(=O)Nc2nnc(-c3cccc(Br)c3)o2)cc1. The second-order valence-corrected chi connectivity index (χ2v) is 6.08. The minimum absolute atomic E-state index is 0.0141. The Hall–Kier alpha value is -2.87. The van der Waals surface area contributed by atoms with Crippen molar-refractivity contribution in [3.05, 3.63) is 53.0 Å². The fourth-order valence-corrected chi connectivity index (χ4v) is 2.51. The van der Waals surface area contributed by atoms with Gasteiger partial charge in [-0.05, 0) is 49.4 Å². The summed E-state index contributed by atoms with van der Waals surface area (Å²) in [6, 6.07) is 14.4. The molecule has 0 fully saturated rings. The van der Waals surface area contributed by atoms with Crippen molar-refractivity contribution < 1.29 is 18.7 Å². The predicted molar refractivity (Wildman–Crippen MR) is 99.2 cm³/mol. The summed E-state index contributed by atoms with van der Waals surface area (Å²) in [6.07, 6.45) is 0. The molecule has 0 aliphatic rings. The van der Waals surface area contributed by atoms with Gasteiger partial charge in [0.1, 0.15) is 11.5 Å². The van der Waals surface area contributed by atoms with Gasteiger partial charge in [-0.1, -0.05) is 27.1 Å². The molecule has 1 heterocycles. The van der Waals surface area contributed by atoms with Crippen LogP contribution in [0.2, 0.25) is 0 Å². The van der Waals surface area contributed by atoms with Crippen LogP contribution in [0, 0.1) is 0 Å². The van der Waals surface area contributed by atoms with Gasteiger partial charge in [-0.25, -0.2) is 0 Å². The van der Waals surface area contributed by atoms with E-state index in [1.165, 1.54) is 0 Å². The number of anilines is 1. The molecule has 3 aromatic rings. The molecular formula is C18H16BrN3O4. The average molecular weight is 418 g/mol. The summed E-state index contributed by atoms with van der Waals surface area (Å²) in [5.74, 6) is 1.22. The third-order valence-electron chi connectivity index (χ3n) is 3.25. The predicted octanol–water partition coefficient (Wildman–Crippen LogP) is 3.92. The smallest absolute Gasteiger partial charge is 0.322 e. The van der Waals surface area contributed by atoms with Gasteiger partial charge in [0.05, 0.1) is 6.61 Å². The molecule has 0 spiro atoms. The van der Waals surface area contributed by atoms with E-state index < -0.39 is 5.91 Å². The van der Waals surface area contributed by atoms with E-state index in [1.54, 1.807) is 24.3 Å². The molecule has 3 rings (SSSR count). The Morgan fingerprint density at radius 2 is 1.85 bits per heavy atom. The highest BCUT2D eigenvalue weighted by Gasteiger charge is 2.12. The van der Waals surface area contributed by atoms with Crippen molar-refractivity contribution in [1.29, 1.82) is 0 Å². The number of rotatable bonds is 7. The van der Waals surface area contributed by atoms with E-state index >= 15 is 0 Å². The van der Waals surface area contributed by atoms with Crippen LogP contribution >= 0.6 is 15.9 Å². The molecule has 2 aromatic carbocycles. The van der Waals surface area contributed by atoms with Crippen molar-refractivity contribution in [3.8, 4) is 23.0 Å². The molecule has 26 heavy (non-hydrogen) atoms. The van der Waals surface area contributed by atoms with Gasteiger partial charge in [0.25, 0.3) is 5.91 Å². The third-order valence-corrected chi connectivity index (χ3v) is 3.74. The monoisotopic (exact) mass is 417 g/mol. The fourth-order valence-electron chi connectivity index (χ4n) is 2.11. The lowest BCUT2D eigenvalue weighted by atomic mass is 10.2. The van der Waals surface area contributed by atoms with Crippen LogP contribution in [0.15, 0.2) is 57.4 Å². The highest BCUT2D eigenvalue weighted by molar-refractivity contribution is 9.10. The van der Waals surface area contributed by atoms with E-state index in [0.29, 0.717) is 18.2 Å². The van der Waals surface area contributed by atoms with Gasteiger partial charge in [0, 0.05) is 10.0 Å². The fraction of sp³-hybridized carbons (Fsp3) is 0.167. The number of amides is 1. The molecule has 1 N–H and O–H groups in total. The van der Waals surface area contributed by atoms with E-state index in [9.17, 15) is 4.79 Å². The summed E-state index contributed by atoms with van der Waals surface area (Å²) >= 11 is 3.38. The zero-order valence-electron chi connectivity index (χ0n) is 13.9. The maximum atomic E-state index is 12.0. The van der Waals surface area contributed by atoms with Crippen molar-refractivity contribution in [2.75, 3.05) is 18.5 Å². The van der Waals surface area contributed by atoms with Gasteiger partial charge in [0.15, 0.2) is 6.61 Å². The molecule has 0 unspecified atom stereocenters. The Morgan fingerprint density at radius 3 is 2.54 bits per heavy atom. The topological polar surface area (TPSA) is 86.5 Å². The highest BCUT2D eigenvalue weighted by atomic mass is 79.9. The van der Waals surface area contributed by atoms with Gasteiger partial charge in [0.2, 0.25) is 5.89 Å². The summed E-state index contributed by atoms with van der Waals surface area (Å²) in [5.41, 5.74) is 0.748. The quantitative estimate of drug-likeness (QED) is 0.626. The van der Waals surface area contributed by atoms with Gasteiger partial charge >= 0.3 is 6.01 Å². The number of carbonyl (C=O) groups excluding carboxylic acids is 1. The second-order valence-electron chi connectivity index (χ2n) is 5.16. The lowest BCUT2D eigenvalue weighted by molar-refractivity contribution is -0.118. The number of aromatic nitrogens is 2. The standard InChI is InChI=1S/C18H16BrN3O4/c1-2-24-14-6-8-15(9-7-14)25-11-16(23)20-18-22-21-17(26-18)12-4-3-5-13(19)10-12/h3-10H,2,11H2,1H3,(H,20,22,23). The number of hydrogen-bond donors (Lipinski definition) is 1. The van der Waals surface area contributed by atoms with Gasteiger partial charge in [-0.3, -0.25) is 10.1 Å². The van der Waals surface area contributed by atoms with Crippen LogP contribution in [-0.2, 0) is 4.79 Å². The molecule has 1 amide bonds. The Labute approximate surface area is 158 Å². The lowest BCUT2D eigenvalue weighted by Crippen LogP contribution is -2.20. The Balaban J connectivity index is 1.53. The van der Waals surface area contributed by atoms with Crippen LogP contribution in [0.3, 0.4) is 0 Å². The van der Waals surface area contributed by atoms with E-state index in [2.05, 4.69) is 31.4 Å². The lowest BCUT2D eigenvalue weighted by Gasteiger charge is -2.07. The molecule has 8 heteroatoms. The second kappa shape index (κ2) is 8.48. The van der Waals surface area contributed by atoms with Gasteiger partial charge < -0.3 is 13.9 Å². The minimum atomic E-state index is -0.400. The Morgan fingerprint density at radius 1 is 1.12 bits per heavy atom. The normalized spacial score (nSPS) is 10.4. The molecule has 0 bridgehead atoms. The summed E-state index contributed by atoms with van der Waals surface area (Å²) in [5, 5.41) is 10.2. The maximum Gasteiger partial charge on any atom is 0.322 e. The van der Waals surface area contributed by atoms with Gasteiger partial charge in [-0.2, -0.15) is 0 Å². The number of nitrogens with one attached hydrogen (secondary N) is 1. The Bertz CT molecular complexity index is 880. The number of hydrogen-bond acceptors (Lipinski definition) is 6. The van der Waals surface area contributed by atoms with E-state index in [0.717, 1.165) is 15.8 Å². The molecule has 0 saturated heterocycles. The van der Waals surface area contributed by atoms with Crippen molar-refractivity contribution in [1.82, 2.24) is 10.2 Å². The van der Waals surface area contributed by atoms with Crippen LogP contribution in [-0.4, -0.2) is 29.3 Å². The number of halogens is 1. The largest absolute Gasteiger partial charge is 0.494 e. The molecular weight excluding hydrogens is 402 g/mol. The maximum absolute atomic E-state index is 12.0. The van der Waals surface area contributed by atoms with Crippen molar-refractivity contribution in [2.45, 2.75) is 6.92 Å². The first kappa shape index (κ1) is 17.9. The summed E-state index contributed by atoms with van der Waals surface area (Å²) in [7, 11) is 0. The minimum Gasteiger partial charge on any atom is -0.494 e. The molecule has 7 nitrogen and oxygen atoms in total. The number of nitrogens with zero attached hydrogens (tertiary/aromatic N) is 2. The molecule has 0 radical (unpaired) electrons. The van der Waals surface area contributed by atoms with Crippen LogP contribution in [0.4, 0.5) is 6.01 Å². The third kappa shape index (κ3) is 4.82. The molecule has 0 saturated carbocycles. The molecule has 1 aromatic heterocycles. The zero-order chi connectivity index (χ0) is 18.4. The van der Waals surface area contributed by atoms with E-state index in [4.69, 9.17) is 13.9 Å². The van der Waals surface area contributed by atoms with Crippen LogP contribution in [0.25, 0.3) is 11.5 Å². The van der Waals surface area contributed by atoms with Crippen molar-refractivity contribution in [2.24, 2.45) is 0 Å². The molecule has 0 aliphatic carbocycles. The molecule has 0 aliphatic heterocycles. The molecule has 134 valence electrons. The first-order valence-corrected chi connectivity index (χ1v) is 8.68. The van der Waals surface area contributed by atoms with E-state index in [-0.39, 0.29) is 12.6 Å². The van der Waals surface area contributed by atoms with Crippen LogP contribution < -0.4 is 14.8 Å².